The molecular weight excluding hydrogens is 362 g/mol. The monoisotopic (exact) mass is 377 g/mol. The first kappa shape index (κ1) is 17.2. The molecule has 0 amide bonds. The predicted octanol–water partition coefficient (Wildman–Crippen LogP) is 4.73. The number of aromatic nitrogens is 3. The quantitative estimate of drug-likeness (QED) is 0.460. The van der Waals surface area contributed by atoms with E-state index in [0.717, 1.165) is 27.8 Å². The fourth-order valence-electron chi connectivity index (χ4n) is 2.21. The topological polar surface area (TPSA) is 47.8 Å². The number of hydrogen-bond donors (Lipinski definition) is 0. The van der Waals surface area contributed by atoms with E-state index in [1.54, 1.807) is 11.3 Å². The van der Waals surface area contributed by atoms with Gasteiger partial charge in [-0.05, 0) is 42.8 Å². The summed E-state index contributed by atoms with van der Waals surface area (Å²) in [5.41, 5.74) is 0.943. The third-order valence-corrected chi connectivity index (χ3v) is 6.10. The van der Waals surface area contributed by atoms with Gasteiger partial charge in [-0.1, -0.05) is 30.3 Å². The summed E-state index contributed by atoms with van der Waals surface area (Å²) in [6, 6.07) is 11.4. The van der Waals surface area contributed by atoms with E-state index in [4.69, 9.17) is 11.6 Å². The maximum atomic E-state index is 12.3. The Balaban J connectivity index is 1.70. The Kier molecular flexibility index (Phi) is 5.38. The van der Waals surface area contributed by atoms with Gasteiger partial charge in [0.05, 0.1) is 10.6 Å². The van der Waals surface area contributed by atoms with Gasteiger partial charge in [0, 0.05) is 22.5 Å². The molecule has 0 saturated heterocycles. The van der Waals surface area contributed by atoms with Crippen molar-refractivity contribution in [2.45, 2.75) is 18.5 Å². The first-order valence-electron chi connectivity index (χ1n) is 7.48. The first-order chi connectivity index (χ1) is 11.6. The molecule has 0 N–H and O–H groups in total. The van der Waals surface area contributed by atoms with Crippen LogP contribution in [0.5, 0.6) is 0 Å². The number of thiophene rings is 1. The van der Waals surface area contributed by atoms with Gasteiger partial charge >= 0.3 is 0 Å². The van der Waals surface area contributed by atoms with Crippen molar-refractivity contribution in [1.82, 2.24) is 14.8 Å². The second-order valence-electron chi connectivity index (χ2n) is 5.20. The van der Waals surface area contributed by atoms with E-state index in [2.05, 4.69) is 17.1 Å². The van der Waals surface area contributed by atoms with Crippen molar-refractivity contribution in [1.29, 1.82) is 0 Å². The van der Waals surface area contributed by atoms with Gasteiger partial charge in [-0.15, -0.1) is 21.5 Å². The summed E-state index contributed by atoms with van der Waals surface area (Å²) in [7, 11) is 1.90. The molecule has 0 unspecified atom stereocenters. The molecule has 0 aliphatic heterocycles. The van der Waals surface area contributed by atoms with E-state index in [-0.39, 0.29) is 5.78 Å². The summed E-state index contributed by atoms with van der Waals surface area (Å²) in [5.74, 6) is 1.24. The van der Waals surface area contributed by atoms with Crippen molar-refractivity contribution in [2.24, 2.45) is 7.05 Å². The van der Waals surface area contributed by atoms with Crippen LogP contribution < -0.4 is 0 Å². The molecule has 4 nitrogen and oxygen atoms in total. The van der Waals surface area contributed by atoms with Crippen molar-refractivity contribution >= 4 is 40.5 Å². The fourth-order valence-corrected chi connectivity index (χ4v) is 4.11. The van der Waals surface area contributed by atoms with Gasteiger partial charge in [0.1, 0.15) is 0 Å². The zero-order chi connectivity index (χ0) is 17.1. The molecular formula is C17H16ClN3OS2. The summed E-state index contributed by atoms with van der Waals surface area (Å²) >= 11 is 8.89. The summed E-state index contributed by atoms with van der Waals surface area (Å²) in [4.78, 5) is 14.3. The van der Waals surface area contributed by atoms with Crippen molar-refractivity contribution in [3.63, 3.8) is 0 Å². The van der Waals surface area contributed by atoms with Crippen molar-refractivity contribution in [3.8, 4) is 11.4 Å². The second-order valence-corrected chi connectivity index (χ2v) is 7.75. The molecule has 0 bridgehead atoms. The number of aryl methyl sites for hydroxylation is 1. The molecule has 0 aliphatic carbocycles. The smallest absolute Gasteiger partial charge is 0.191 e. The van der Waals surface area contributed by atoms with Crippen LogP contribution in [-0.4, -0.2) is 26.3 Å². The Morgan fingerprint density at radius 3 is 2.62 bits per heavy atom. The van der Waals surface area contributed by atoms with Gasteiger partial charge in [-0.25, -0.2) is 0 Å². The molecule has 3 rings (SSSR count). The number of rotatable bonds is 6. The second kappa shape index (κ2) is 7.51. The van der Waals surface area contributed by atoms with Gasteiger partial charge in [0.25, 0.3) is 0 Å². The third-order valence-electron chi connectivity index (χ3n) is 3.55. The van der Waals surface area contributed by atoms with Gasteiger partial charge in [0.15, 0.2) is 16.8 Å². The highest BCUT2D eigenvalue weighted by atomic mass is 35.5. The third kappa shape index (κ3) is 3.71. The lowest BCUT2D eigenvalue weighted by Crippen LogP contribution is -2.02. The molecule has 0 spiro atoms. The average molecular weight is 378 g/mol. The van der Waals surface area contributed by atoms with Crippen LogP contribution in [0.2, 0.25) is 5.02 Å². The largest absolute Gasteiger partial charge is 0.305 e. The standard InChI is InChI=1S/C17H16ClN3OS2/c1-3-13-8-9-15(24-13)14(22)10-23-17-20-19-16(21(17)2)11-4-6-12(18)7-5-11/h4-9H,3,10H2,1-2H3. The normalized spacial score (nSPS) is 11.0. The molecule has 1 aromatic carbocycles. The molecule has 0 saturated carbocycles. The van der Waals surface area contributed by atoms with Crippen LogP contribution in [0.1, 0.15) is 21.5 Å². The number of benzene rings is 1. The number of halogens is 1. The van der Waals surface area contributed by atoms with E-state index in [9.17, 15) is 4.79 Å². The van der Waals surface area contributed by atoms with Crippen molar-refractivity contribution < 1.29 is 4.79 Å². The SMILES string of the molecule is CCc1ccc(C(=O)CSc2nnc(-c3ccc(Cl)cc3)n2C)s1. The Morgan fingerprint density at radius 1 is 1.21 bits per heavy atom. The molecule has 0 fully saturated rings. The summed E-state index contributed by atoms with van der Waals surface area (Å²) in [6.07, 6.45) is 0.957. The van der Waals surface area contributed by atoms with Crippen LogP contribution in [0.25, 0.3) is 11.4 Å². The number of ketones is 1. The van der Waals surface area contributed by atoms with E-state index in [1.165, 1.54) is 16.6 Å². The van der Waals surface area contributed by atoms with E-state index < -0.39 is 0 Å². The highest BCUT2D eigenvalue weighted by molar-refractivity contribution is 7.99. The molecule has 3 aromatic rings. The predicted molar refractivity (Wildman–Crippen MR) is 100 cm³/mol. The number of Topliss-reactive ketones (excluding diaryl/α,β-unsaturated/α-hetero) is 1. The molecule has 2 heterocycles. The van der Waals surface area contributed by atoms with Gasteiger partial charge < -0.3 is 4.57 Å². The van der Waals surface area contributed by atoms with E-state index in [1.807, 2.05) is 48.0 Å². The van der Waals surface area contributed by atoms with Crippen LogP contribution in [0.3, 0.4) is 0 Å². The number of hydrogen-bond acceptors (Lipinski definition) is 5. The minimum Gasteiger partial charge on any atom is -0.305 e. The average Bonchev–Trinajstić information content (AvgIpc) is 3.21. The molecule has 24 heavy (non-hydrogen) atoms. The lowest BCUT2D eigenvalue weighted by Gasteiger charge is -2.03. The summed E-state index contributed by atoms with van der Waals surface area (Å²) in [5, 5.41) is 9.83. The first-order valence-corrected chi connectivity index (χ1v) is 9.66. The van der Waals surface area contributed by atoms with Crippen molar-refractivity contribution in [2.75, 3.05) is 5.75 Å². The van der Waals surface area contributed by atoms with Gasteiger partial charge in [-0.2, -0.15) is 0 Å². The van der Waals surface area contributed by atoms with Crippen LogP contribution >= 0.6 is 34.7 Å². The zero-order valence-corrected chi connectivity index (χ0v) is 15.7. The number of nitrogens with zero attached hydrogens (tertiary/aromatic N) is 3. The van der Waals surface area contributed by atoms with Crippen LogP contribution in [0.15, 0.2) is 41.6 Å². The minimum absolute atomic E-state index is 0.126. The molecule has 2 aromatic heterocycles. The van der Waals surface area contributed by atoms with E-state index >= 15 is 0 Å². The Hall–Kier alpha value is -1.63. The molecule has 124 valence electrons. The molecule has 0 radical (unpaired) electrons. The Labute approximate surface area is 153 Å². The van der Waals surface area contributed by atoms with Crippen LogP contribution in [0, 0.1) is 0 Å². The van der Waals surface area contributed by atoms with E-state index in [0.29, 0.717) is 10.8 Å². The maximum absolute atomic E-state index is 12.3. The van der Waals surface area contributed by atoms with Crippen LogP contribution in [0.4, 0.5) is 0 Å². The minimum atomic E-state index is 0.126. The fraction of sp³-hybridized carbons (Fsp3) is 0.235. The molecule has 7 heteroatoms. The summed E-state index contributed by atoms with van der Waals surface area (Å²) < 4.78 is 1.90. The lowest BCUT2D eigenvalue weighted by atomic mass is 10.2. The summed E-state index contributed by atoms with van der Waals surface area (Å²) in [6.45, 7) is 2.09. The highest BCUT2D eigenvalue weighted by Gasteiger charge is 2.14. The van der Waals surface area contributed by atoms with Crippen molar-refractivity contribution in [3.05, 3.63) is 51.2 Å². The maximum Gasteiger partial charge on any atom is 0.191 e. The number of carbonyl (C=O) groups is 1. The Morgan fingerprint density at radius 2 is 1.96 bits per heavy atom. The number of carbonyl (C=O) groups excluding carboxylic acids is 1. The molecule has 0 atom stereocenters. The highest BCUT2D eigenvalue weighted by Crippen LogP contribution is 2.25. The van der Waals surface area contributed by atoms with Gasteiger partial charge in [-0.3, -0.25) is 4.79 Å². The molecule has 0 aliphatic rings. The number of thioether (sulfide) groups is 1. The lowest BCUT2D eigenvalue weighted by molar-refractivity contribution is 0.102. The van der Waals surface area contributed by atoms with Crippen LogP contribution in [-0.2, 0) is 13.5 Å². The zero-order valence-electron chi connectivity index (χ0n) is 13.3. The Bertz CT molecular complexity index is 855. The van der Waals surface area contributed by atoms with Gasteiger partial charge in [0.2, 0.25) is 0 Å².